The Morgan fingerprint density at radius 1 is 0.500 bits per heavy atom. The van der Waals surface area contributed by atoms with E-state index < -0.39 is 21.4 Å². The first-order valence-electron chi connectivity index (χ1n) is 11.0. The third-order valence-corrected chi connectivity index (χ3v) is 5.71. The molecule has 0 aliphatic heterocycles. The van der Waals surface area contributed by atoms with E-state index in [9.17, 15) is 25.4 Å². The van der Waals surface area contributed by atoms with Crippen molar-refractivity contribution in [3.8, 4) is 17.2 Å². The minimum absolute atomic E-state index is 0.121. The van der Waals surface area contributed by atoms with Crippen molar-refractivity contribution >= 4 is 37.7 Å². The Hall–Kier alpha value is -2.91. The van der Waals surface area contributed by atoms with Crippen molar-refractivity contribution in [1.29, 1.82) is 0 Å². The largest absolute Gasteiger partial charge is 0.508 e. The maximum atomic E-state index is 10.9. The number of rotatable bonds is 7. The Balaban J connectivity index is 2.04. The molecule has 0 radical (unpaired) electrons. The highest BCUT2D eigenvalue weighted by atomic mass is 16.6. The van der Waals surface area contributed by atoms with Crippen molar-refractivity contribution < 1.29 is 34.5 Å². The topological polar surface area (TPSA) is 120 Å². The molecular weight excluding hydrogens is 433 g/mol. The van der Waals surface area contributed by atoms with Gasteiger partial charge in [-0.2, -0.15) is 0 Å². The van der Waals surface area contributed by atoms with E-state index in [1.54, 1.807) is 57.2 Å². The van der Waals surface area contributed by atoms with E-state index in [4.69, 9.17) is 9.14 Å². The van der Waals surface area contributed by atoms with Crippen molar-refractivity contribution in [2.75, 3.05) is 0 Å². The molecule has 0 bridgehead atoms. The number of aryl methyl sites for hydroxylation is 6. The molecule has 0 aromatic heterocycles. The first-order chi connectivity index (χ1) is 15.9. The zero-order valence-corrected chi connectivity index (χ0v) is 20.2. The maximum absolute atomic E-state index is 10.9. The number of benzene rings is 3. The highest BCUT2D eigenvalue weighted by Crippen LogP contribution is 2.20. The second-order valence-electron chi connectivity index (χ2n) is 8.87. The second kappa shape index (κ2) is 10.2. The predicted molar refractivity (Wildman–Crippen MR) is 136 cm³/mol. The normalized spacial score (nSPS) is 10.9. The minimum Gasteiger partial charge on any atom is -0.508 e. The number of phenols is 3. The van der Waals surface area contributed by atoms with Crippen LogP contribution in [0.5, 0.6) is 17.2 Å². The molecule has 5 N–H and O–H groups in total. The molecule has 0 heterocycles. The lowest BCUT2D eigenvalue weighted by Gasteiger charge is -2.23. The summed E-state index contributed by atoms with van der Waals surface area (Å²) >= 11 is 0. The van der Waals surface area contributed by atoms with Crippen LogP contribution in [0, 0.1) is 41.5 Å². The molecule has 0 saturated heterocycles. The standard InChI is InChI=1S/C24H29B3O7/c1-13-7-16(4)22(28)19(10-13)25(31)33-27(21-12-15(3)9-18(6)24(21)30)34-26(32)20-11-14(2)8-17(5)23(20)29/h7-12,28-32H,1-6H3. The summed E-state index contributed by atoms with van der Waals surface area (Å²) < 4.78 is 11.5. The van der Waals surface area contributed by atoms with Gasteiger partial charge in [-0.25, -0.2) is 0 Å². The molecule has 0 unspecified atom stereocenters. The fourth-order valence-corrected chi connectivity index (χ4v) is 4.09. The molecular formula is C24H29B3O7. The second-order valence-corrected chi connectivity index (χ2v) is 8.87. The van der Waals surface area contributed by atoms with Crippen molar-refractivity contribution in [3.05, 3.63) is 69.8 Å². The smallest absolute Gasteiger partial charge is 0.481 e. The van der Waals surface area contributed by atoms with E-state index in [1.807, 2.05) is 20.8 Å². The van der Waals surface area contributed by atoms with Crippen molar-refractivity contribution in [3.63, 3.8) is 0 Å². The van der Waals surface area contributed by atoms with Gasteiger partial charge in [-0.3, -0.25) is 0 Å². The minimum atomic E-state index is -1.64. The van der Waals surface area contributed by atoms with Gasteiger partial charge >= 0.3 is 21.4 Å². The molecule has 3 aromatic rings. The van der Waals surface area contributed by atoms with Crippen LogP contribution in [0.1, 0.15) is 33.4 Å². The number of phenolic OH excluding ortho intramolecular Hbond substituents is 3. The lowest BCUT2D eigenvalue weighted by Crippen LogP contribution is -2.52. The highest BCUT2D eigenvalue weighted by Gasteiger charge is 2.37. The zero-order valence-electron chi connectivity index (χ0n) is 20.2. The van der Waals surface area contributed by atoms with Crippen LogP contribution in [0.25, 0.3) is 0 Å². The summed E-state index contributed by atoms with van der Waals surface area (Å²) in [6, 6.07) is 10.1. The highest BCUT2D eigenvalue weighted by molar-refractivity contribution is 6.80. The van der Waals surface area contributed by atoms with Crippen molar-refractivity contribution in [2.45, 2.75) is 41.5 Å². The van der Waals surface area contributed by atoms with E-state index >= 15 is 0 Å². The Bertz CT molecular complexity index is 1150. The lowest BCUT2D eigenvalue weighted by atomic mass is 9.65. The van der Waals surface area contributed by atoms with Gasteiger partial charge in [0.2, 0.25) is 0 Å². The van der Waals surface area contributed by atoms with Crippen LogP contribution < -0.4 is 16.4 Å². The fourth-order valence-electron chi connectivity index (χ4n) is 4.09. The summed E-state index contributed by atoms with van der Waals surface area (Å²) in [4.78, 5) is 0. The monoisotopic (exact) mass is 462 g/mol. The number of aromatic hydroxyl groups is 3. The molecule has 7 nitrogen and oxygen atoms in total. The molecule has 0 saturated carbocycles. The van der Waals surface area contributed by atoms with Crippen LogP contribution >= 0.6 is 0 Å². The molecule has 176 valence electrons. The van der Waals surface area contributed by atoms with E-state index in [1.165, 1.54) is 0 Å². The summed E-state index contributed by atoms with van der Waals surface area (Å²) in [5.74, 6) is -0.382. The molecule has 0 aliphatic rings. The Kier molecular flexibility index (Phi) is 7.68. The van der Waals surface area contributed by atoms with Gasteiger partial charge in [0.1, 0.15) is 17.2 Å². The fraction of sp³-hybridized carbons (Fsp3) is 0.250. The van der Waals surface area contributed by atoms with E-state index in [0.717, 1.165) is 16.7 Å². The number of hydrogen-bond donors (Lipinski definition) is 5. The average Bonchev–Trinajstić information content (AvgIpc) is 2.75. The van der Waals surface area contributed by atoms with Gasteiger partial charge in [-0.15, -0.1) is 0 Å². The maximum Gasteiger partial charge on any atom is 0.481 e. The lowest BCUT2D eigenvalue weighted by molar-refractivity contribution is 0.352. The third kappa shape index (κ3) is 5.42. The van der Waals surface area contributed by atoms with Gasteiger partial charge in [0.25, 0.3) is 0 Å². The summed E-state index contributed by atoms with van der Waals surface area (Å²) in [7, 11) is -4.71. The summed E-state index contributed by atoms with van der Waals surface area (Å²) in [5, 5.41) is 53.4. The first kappa shape index (κ1) is 25.7. The van der Waals surface area contributed by atoms with Gasteiger partial charge in [-0.05, 0) is 58.2 Å². The molecule has 0 aliphatic carbocycles. The van der Waals surface area contributed by atoms with Crippen LogP contribution in [0.3, 0.4) is 0 Å². The van der Waals surface area contributed by atoms with Gasteiger partial charge in [0, 0.05) is 16.4 Å². The third-order valence-electron chi connectivity index (χ3n) is 5.71. The Labute approximate surface area is 201 Å². The Morgan fingerprint density at radius 2 is 0.794 bits per heavy atom. The molecule has 0 atom stereocenters. The van der Waals surface area contributed by atoms with Crippen molar-refractivity contribution in [1.82, 2.24) is 0 Å². The molecule has 0 amide bonds. The van der Waals surface area contributed by atoms with Crippen LogP contribution in [0.15, 0.2) is 36.4 Å². The predicted octanol–water partition coefficient (Wildman–Crippen LogP) is 1.16. The van der Waals surface area contributed by atoms with Crippen LogP contribution in [0.2, 0.25) is 0 Å². The van der Waals surface area contributed by atoms with Gasteiger partial charge in [0.15, 0.2) is 0 Å². The molecule has 3 rings (SSSR count). The number of hydrogen-bond acceptors (Lipinski definition) is 7. The molecule has 3 aromatic carbocycles. The van der Waals surface area contributed by atoms with Crippen LogP contribution in [0.4, 0.5) is 0 Å². The van der Waals surface area contributed by atoms with E-state index in [2.05, 4.69) is 0 Å². The van der Waals surface area contributed by atoms with Crippen molar-refractivity contribution in [2.24, 2.45) is 0 Å². The molecule has 10 heteroatoms. The van der Waals surface area contributed by atoms with Gasteiger partial charge < -0.3 is 34.5 Å². The quantitative estimate of drug-likeness (QED) is 0.335. The Morgan fingerprint density at radius 3 is 1.15 bits per heavy atom. The van der Waals surface area contributed by atoms with E-state index in [-0.39, 0.29) is 33.6 Å². The summed E-state index contributed by atoms with van der Waals surface area (Å²) in [6.07, 6.45) is 0. The molecule has 34 heavy (non-hydrogen) atoms. The van der Waals surface area contributed by atoms with Crippen LogP contribution in [-0.2, 0) is 9.14 Å². The summed E-state index contributed by atoms with van der Waals surface area (Å²) in [6.45, 7) is 10.6. The molecule has 0 spiro atoms. The van der Waals surface area contributed by atoms with E-state index in [0.29, 0.717) is 16.7 Å². The zero-order chi connectivity index (χ0) is 25.3. The first-order valence-corrected chi connectivity index (χ1v) is 11.0. The van der Waals surface area contributed by atoms with Gasteiger partial charge in [0.05, 0.1) is 0 Å². The average molecular weight is 462 g/mol. The summed E-state index contributed by atoms with van der Waals surface area (Å²) in [5.41, 5.74) is 4.52. The SMILES string of the molecule is Cc1cc(C)c(O)c(B(O)OB(OB(O)c2cc(C)cc(C)c2O)c2cc(C)cc(C)c2O)c1. The van der Waals surface area contributed by atoms with Crippen LogP contribution in [-0.4, -0.2) is 46.7 Å². The van der Waals surface area contributed by atoms with Gasteiger partial charge in [-0.1, -0.05) is 53.1 Å². The molecule has 0 fully saturated rings.